The molecule has 0 bridgehead atoms. The van der Waals surface area contributed by atoms with Crippen LogP contribution in [-0.2, 0) is 4.79 Å². The predicted octanol–water partition coefficient (Wildman–Crippen LogP) is 22.7. The van der Waals surface area contributed by atoms with Gasteiger partial charge in [-0.05, 0) is 6.42 Å². The Morgan fingerprint density at radius 1 is 0.194 bits per heavy atom. The molecule has 0 spiro atoms. The summed E-state index contributed by atoms with van der Waals surface area (Å²) in [7, 11) is 0. The van der Waals surface area contributed by atoms with Crippen molar-refractivity contribution in [1.82, 2.24) is 0 Å². The van der Waals surface area contributed by atoms with E-state index in [1.54, 1.807) is 0 Å². The van der Waals surface area contributed by atoms with E-state index in [1.165, 1.54) is 353 Å². The van der Waals surface area contributed by atoms with Crippen LogP contribution in [0.5, 0.6) is 0 Å². The van der Waals surface area contributed by atoms with Crippen LogP contribution >= 0.6 is 0 Å². The van der Waals surface area contributed by atoms with Gasteiger partial charge in [-0.2, -0.15) is 0 Å². The summed E-state index contributed by atoms with van der Waals surface area (Å²) in [5.74, 6) is -0.645. The largest absolute Gasteiger partial charge is 0.481 e. The third kappa shape index (κ3) is 59.5. The van der Waals surface area contributed by atoms with Crippen LogP contribution < -0.4 is 0 Å². The van der Waals surface area contributed by atoms with E-state index in [4.69, 9.17) is 5.11 Å². The summed E-state index contributed by atoms with van der Waals surface area (Å²) in [6.45, 7) is 2.31. The van der Waals surface area contributed by atoms with Crippen LogP contribution in [0.4, 0.5) is 0 Å². The van der Waals surface area contributed by atoms with Gasteiger partial charge in [-0.15, -0.1) is 0 Å². The first-order chi connectivity index (χ1) is 30.8. The Morgan fingerprint density at radius 3 is 0.387 bits per heavy atom. The van der Waals surface area contributed by atoms with Crippen molar-refractivity contribution in [2.45, 2.75) is 379 Å². The van der Waals surface area contributed by atoms with Gasteiger partial charge < -0.3 is 5.11 Å². The lowest BCUT2D eigenvalue weighted by atomic mass is 10.0. The van der Waals surface area contributed by atoms with Crippen LogP contribution in [0.3, 0.4) is 0 Å². The molecule has 0 unspecified atom stereocenters. The fourth-order valence-electron chi connectivity index (χ4n) is 10.1. The lowest BCUT2D eigenvalue weighted by molar-refractivity contribution is -0.137. The van der Waals surface area contributed by atoms with Crippen LogP contribution in [0.1, 0.15) is 379 Å². The second-order valence-corrected chi connectivity index (χ2v) is 20.9. The van der Waals surface area contributed by atoms with E-state index in [9.17, 15) is 4.79 Å². The Balaban J connectivity index is 3.06. The minimum absolute atomic E-state index is 0.347. The van der Waals surface area contributed by atoms with Crippen molar-refractivity contribution in [3.63, 3.8) is 0 Å². The van der Waals surface area contributed by atoms with Crippen molar-refractivity contribution in [1.29, 1.82) is 0 Å². The third-order valence-corrected chi connectivity index (χ3v) is 14.5. The van der Waals surface area contributed by atoms with Gasteiger partial charge in [0, 0.05) is 6.42 Å². The molecule has 1 N–H and O–H groups in total. The van der Waals surface area contributed by atoms with E-state index in [-0.39, 0.29) is 0 Å². The van der Waals surface area contributed by atoms with Gasteiger partial charge in [-0.1, -0.05) is 366 Å². The molecular formula is C60H120O2. The van der Waals surface area contributed by atoms with E-state index in [0.717, 1.165) is 12.8 Å². The van der Waals surface area contributed by atoms with Gasteiger partial charge in [0.1, 0.15) is 0 Å². The summed E-state index contributed by atoms with van der Waals surface area (Å²) in [4.78, 5) is 10.5. The Hall–Kier alpha value is -0.530. The molecule has 0 saturated heterocycles. The Morgan fingerprint density at radius 2 is 0.290 bits per heavy atom. The maximum absolute atomic E-state index is 10.5. The van der Waals surface area contributed by atoms with Gasteiger partial charge in [-0.25, -0.2) is 0 Å². The molecule has 0 aliphatic rings. The molecule has 0 saturated carbocycles. The van der Waals surface area contributed by atoms with Gasteiger partial charge in [0.25, 0.3) is 0 Å². The van der Waals surface area contributed by atoms with Gasteiger partial charge in [0.05, 0.1) is 0 Å². The highest BCUT2D eigenvalue weighted by Crippen LogP contribution is 2.19. The number of carboxylic acid groups (broad SMARTS) is 1. The minimum atomic E-state index is -0.645. The van der Waals surface area contributed by atoms with Crippen LogP contribution in [-0.4, -0.2) is 11.1 Å². The van der Waals surface area contributed by atoms with Gasteiger partial charge in [-0.3, -0.25) is 4.79 Å². The molecule has 0 heterocycles. The predicted molar refractivity (Wildman–Crippen MR) is 281 cm³/mol. The molecule has 2 heteroatoms. The summed E-state index contributed by atoms with van der Waals surface area (Å²) < 4.78 is 0. The van der Waals surface area contributed by atoms with Crippen LogP contribution in [0.25, 0.3) is 0 Å². The highest BCUT2D eigenvalue weighted by molar-refractivity contribution is 5.66. The summed E-state index contributed by atoms with van der Waals surface area (Å²) >= 11 is 0. The van der Waals surface area contributed by atoms with E-state index in [2.05, 4.69) is 6.92 Å². The molecule has 62 heavy (non-hydrogen) atoms. The molecule has 2 nitrogen and oxygen atoms in total. The number of rotatable bonds is 58. The SMILES string of the molecule is CCCCCCCCCCCCCCCCCCCCCCCCCCCCCCCCCCCCCCCCCCCCCCCCCCCCCCCCCCCC(=O)O. The fourth-order valence-corrected chi connectivity index (χ4v) is 10.1. The molecule has 0 aromatic heterocycles. The van der Waals surface area contributed by atoms with Gasteiger partial charge in [0.2, 0.25) is 0 Å². The number of unbranched alkanes of at least 4 members (excludes halogenated alkanes) is 56. The molecule has 0 aromatic carbocycles. The normalized spacial score (nSPS) is 11.6. The summed E-state index contributed by atoms with van der Waals surface area (Å²) in [5, 5.41) is 8.68. The highest BCUT2D eigenvalue weighted by atomic mass is 16.4. The molecule has 0 rings (SSSR count). The van der Waals surface area contributed by atoms with Crippen molar-refractivity contribution in [3.05, 3.63) is 0 Å². The van der Waals surface area contributed by atoms with Crippen LogP contribution in [0.15, 0.2) is 0 Å². The second kappa shape index (κ2) is 58.5. The standard InChI is InChI=1S/C60H120O2/c1-2-3-4-5-6-7-8-9-10-11-12-13-14-15-16-17-18-19-20-21-22-23-24-25-26-27-28-29-30-31-32-33-34-35-36-37-38-39-40-41-42-43-44-45-46-47-48-49-50-51-52-53-54-55-56-57-58-59-60(61)62/h2-59H2,1H3,(H,61,62). The number of hydrogen-bond acceptors (Lipinski definition) is 1. The topological polar surface area (TPSA) is 37.3 Å². The number of aliphatic carboxylic acids is 1. The lowest BCUT2D eigenvalue weighted by Crippen LogP contribution is -1.93. The maximum Gasteiger partial charge on any atom is 0.303 e. The van der Waals surface area contributed by atoms with E-state index in [0.29, 0.717) is 6.42 Å². The second-order valence-electron chi connectivity index (χ2n) is 20.9. The van der Waals surface area contributed by atoms with Crippen molar-refractivity contribution in [2.24, 2.45) is 0 Å². The maximum atomic E-state index is 10.5. The molecule has 0 aliphatic heterocycles. The van der Waals surface area contributed by atoms with Crippen LogP contribution in [0.2, 0.25) is 0 Å². The highest BCUT2D eigenvalue weighted by Gasteiger charge is 2.00. The zero-order valence-electron chi connectivity index (χ0n) is 43.4. The number of hydrogen-bond donors (Lipinski definition) is 1. The molecule has 0 radical (unpaired) electrons. The van der Waals surface area contributed by atoms with Gasteiger partial charge in [0.15, 0.2) is 0 Å². The van der Waals surface area contributed by atoms with E-state index >= 15 is 0 Å². The van der Waals surface area contributed by atoms with Crippen molar-refractivity contribution >= 4 is 5.97 Å². The number of carbonyl (C=O) groups is 1. The molecule has 372 valence electrons. The first-order valence-corrected chi connectivity index (χ1v) is 30.0. The first-order valence-electron chi connectivity index (χ1n) is 30.0. The monoisotopic (exact) mass is 873 g/mol. The molecule has 0 aromatic rings. The van der Waals surface area contributed by atoms with Crippen molar-refractivity contribution < 1.29 is 9.90 Å². The quantitative estimate of drug-likeness (QED) is 0.0618. The Bertz CT molecular complexity index is 777. The van der Waals surface area contributed by atoms with Crippen molar-refractivity contribution in [2.75, 3.05) is 0 Å². The third-order valence-electron chi connectivity index (χ3n) is 14.5. The molecule has 0 atom stereocenters. The molecule has 0 fully saturated rings. The zero-order valence-corrected chi connectivity index (χ0v) is 43.4. The Labute approximate surface area is 393 Å². The Kier molecular flexibility index (Phi) is 58.0. The van der Waals surface area contributed by atoms with E-state index in [1.807, 2.05) is 0 Å². The van der Waals surface area contributed by atoms with Gasteiger partial charge >= 0.3 is 5.97 Å². The fraction of sp³-hybridized carbons (Fsp3) is 0.983. The summed E-state index contributed by atoms with van der Waals surface area (Å²) in [6.07, 6.45) is 82.8. The summed E-state index contributed by atoms with van der Waals surface area (Å²) in [5.41, 5.74) is 0. The summed E-state index contributed by atoms with van der Waals surface area (Å²) in [6, 6.07) is 0. The number of carboxylic acids is 1. The average molecular weight is 874 g/mol. The lowest BCUT2D eigenvalue weighted by Gasteiger charge is -2.05. The molecular weight excluding hydrogens is 753 g/mol. The average Bonchev–Trinajstić information content (AvgIpc) is 3.27. The molecule has 0 amide bonds. The zero-order chi connectivity index (χ0) is 44.6. The molecule has 0 aliphatic carbocycles. The van der Waals surface area contributed by atoms with Crippen molar-refractivity contribution in [3.8, 4) is 0 Å². The van der Waals surface area contributed by atoms with E-state index < -0.39 is 5.97 Å². The first kappa shape index (κ1) is 61.5. The minimum Gasteiger partial charge on any atom is -0.481 e. The van der Waals surface area contributed by atoms with Crippen LogP contribution in [0, 0.1) is 0 Å². The smallest absolute Gasteiger partial charge is 0.303 e.